The van der Waals surface area contributed by atoms with Gasteiger partial charge in [-0.2, -0.15) is 4.98 Å². The number of piperazine rings is 1. The Bertz CT molecular complexity index is 879. The highest BCUT2D eigenvalue weighted by atomic mass is 16.5. The molecule has 0 aliphatic carbocycles. The van der Waals surface area contributed by atoms with E-state index in [2.05, 4.69) is 32.2 Å². The zero-order chi connectivity index (χ0) is 23.0. The third-order valence-electron chi connectivity index (χ3n) is 6.69. The molecule has 2 fully saturated rings. The van der Waals surface area contributed by atoms with Crippen LogP contribution in [0.15, 0.2) is 28.8 Å². The van der Waals surface area contributed by atoms with E-state index < -0.39 is 0 Å². The zero-order valence-corrected chi connectivity index (χ0v) is 19.8. The number of anilines is 1. The molecule has 2 aromatic rings. The molecular formula is C24H36N6O3. The summed E-state index contributed by atoms with van der Waals surface area (Å²) in [5.74, 6) is 1.40. The van der Waals surface area contributed by atoms with Gasteiger partial charge in [-0.15, -0.1) is 0 Å². The Morgan fingerprint density at radius 1 is 1.15 bits per heavy atom. The average molecular weight is 457 g/mol. The maximum absolute atomic E-state index is 12.8. The van der Waals surface area contributed by atoms with Crippen LogP contribution in [0.25, 0.3) is 11.4 Å². The van der Waals surface area contributed by atoms with Crippen LogP contribution in [-0.4, -0.2) is 91.9 Å². The molecule has 0 bridgehead atoms. The third kappa shape index (κ3) is 6.23. The molecule has 0 unspecified atom stereocenters. The standard InChI is InChI=1S/C24H36N6O3/c1-3-28-14-16-29(17-15-28)12-5-11-25-23(31)20-6-4-13-30(18-20)24-26-22(27-33-24)19-7-9-21(32-2)10-8-19/h7-10,20H,3-6,11-18H2,1-2H3,(H,25,31)/t20-/m1/s1. The summed E-state index contributed by atoms with van der Waals surface area (Å²) in [7, 11) is 1.64. The number of benzene rings is 1. The first-order chi connectivity index (χ1) is 16.2. The van der Waals surface area contributed by atoms with E-state index in [1.54, 1.807) is 7.11 Å². The minimum Gasteiger partial charge on any atom is -0.497 e. The van der Waals surface area contributed by atoms with Crippen LogP contribution in [0.4, 0.5) is 6.01 Å². The average Bonchev–Trinajstić information content (AvgIpc) is 3.37. The molecule has 0 radical (unpaired) electrons. The Morgan fingerprint density at radius 3 is 2.64 bits per heavy atom. The van der Waals surface area contributed by atoms with E-state index in [1.807, 2.05) is 29.2 Å². The number of aromatic nitrogens is 2. The van der Waals surface area contributed by atoms with Crippen molar-refractivity contribution in [2.75, 3.05) is 70.9 Å². The van der Waals surface area contributed by atoms with Crippen LogP contribution in [0.3, 0.4) is 0 Å². The highest BCUT2D eigenvalue weighted by molar-refractivity contribution is 5.79. The van der Waals surface area contributed by atoms with E-state index in [9.17, 15) is 4.79 Å². The summed E-state index contributed by atoms with van der Waals surface area (Å²) >= 11 is 0. The van der Waals surface area contributed by atoms with Crippen molar-refractivity contribution in [3.63, 3.8) is 0 Å². The molecule has 33 heavy (non-hydrogen) atoms. The molecule has 1 amide bonds. The second kappa shape index (κ2) is 11.5. The molecule has 2 aliphatic heterocycles. The number of piperidine rings is 1. The molecule has 1 N–H and O–H groups in total. The lowest BCUT2D eigenvalue weighted by Gasteiger charge is -2.34. The summed E-state index contributed by atoms with van der Waals surface area (Å²) in [5, 5.41) is 7.27. The van der Waals surface area contributed by atoms with Crippen LogP contribution in [-0.2, 0) is 4.79 Å². The molecule has 1 atom stereocenters. The third-order valence-corrected chi connectivity index (χ3v) is 6.69. The second-order valence-corrected chi connectivity index (χ2v) is 8.83. The van der Waals surface area contributed by atoms with Gasteiger partial charge in [0.1, 0.15) is 5.75 Å². The van der Waals surface area contributed by atoms with Gasteiger partial charge in [-0.05, 0) is 56.6 Å². The fourth-order valence-electron chi connectivity index (χ4n) is 4.55. The van der Waals surface area contributed by atoms with Crippen molar-refractivity contribution < 1.29 is 14.1 Å². The number of amides is 1. The van der Waals surface area contributed by atoms with Gasteiger partial charge in [-0.1, -0.05) is 12.1 Å². The van der Waals surface area contributed by atoms with Crippen molar-refractivity contribution in [1.82, 2.24) is 25.3 Å². The maximum Gasteiger partial charge on any atom is 0.324 e. The molecule has 1 aromatic heterocycles. The molecule has 4 rings (SSSR count). The topological polar surface area (TPSA) is 87.0 Å². The van der Waals surface area contributed by atoms with Gasteiger partial charge < -0.3 is 29.3 Å². The van der Waals surface area contributed by atoms with E-state index in [-0.39, 0.29) is 11.8 Å². The van der Waals surface area contributed by atoms with Crippen LogP contribution in [0.5, 0.6) is 5.75 Å². The number of rotatable bonds is 9. The Kier molecular flexibility index (Phi) is 8.17. The van der Waals surface area contributed by atoms with Gasteiger partial charge in [0.15, 0.2) is 0 Å². The molecule has 2 saturated heterocycles. The van der Waals surface area contributed by atoms with Gasteiger partial charge in [0, 0.05) is 51.4 Å². The van der Waals surface area contributed by atoms with E-state index in [4.69, 9.17) is 9.26 Å². The first kappa shape index (κ1) is 23.5. The van der Waals surface area contributed by atoms with Crippen molar-refractivity contribution in [2.24, 2.45) is 5.92 Å². The van der Waals surface area contributed by atoms with E-state index in [1.165, 1.54) is 0 Å². The lowest BCUT2D eigenvalue weighted by Crippen LogP contribution is -2.47. The molecule has 0 saturated carbocycles. The Hall–Kier alpha value is -2.65. The predicted octanol–water partition coefficient (Wildman–Crippen LogP) is 2.11. The monoisotopic (exact) mass is 456 g/mol. The molecule has 1 aromatic carbocycles. The highest BCUT2D eigenvalue weighted by Gasteiger charge is 2.28. The molecule has 3 heterocycles. The van der Waals surface area contributed by atoms with Gasteiger partial charge in [0.05, 0.1) is 13.0 Å². The van der Waals surface area contributed by atoms with Crippen molar-refractivity contribution in [1.29, 1.82) is 0 Å². The Labute approximate surface area is 196 Å². The fraction of sp³-hybridized carbons (Fsp3) is 0.625. The summed E-state index contributed by atoms with van der Waals surface area (Å²) < 4.78 is 10.7. The molecule has 9 heteroatoms. The second-order valence-electron chi connectivity index (χ2n) is 8.83. The van der Waals surface area contributed by atoms with Crippen molar-refractivity contribution >= 4 is 11.9 Å². The number of ether oxygens (including phenoxy) is 1. The summed E-state index contributed by atoms with van der Waals surface area (Å²) in [6.07, 6.45) is 2.81. The van der Waals surface area contributed by atoms with Gasteiger partial charge in [-0.3, -0.25) is 4.79 Å². The van der Waals surface area contributed by atoms with Gasteiger partial charge in [-0.25, -0.2) is 0 Å². The van der Waals surface area contributed by atoms with E-state index >= 15 is 0 Å². The molecule has 9 nitrogen and oxygen atoms in total. The largest absolute Gasteiger partial charge is 0.497 e. The van der Waals surface area contributed by atoms with Crippen molar-refractivity contribution in [2.45, 2.75) is 26.2 Å². The van der Waals surface area contributed by atoms with Gasteiger partial charge >= 0.3 is 6.01 Å². The summed E-state index contributed by atoms with van der Waals surface area (Å²) in [6, 6.07) is 8.03. The maximum atomic E-state index is 12.8. The number of methoxy groups -OCH3 is 1. The van der Waals surface area contributed by atoms with Crippen LogP contribution in [0.2, 0.25) is 0 Å². The number of carbonyl (C=O) groups excluding carboxylic acids is 1. The molecule has 2 aliphatic rings. The summed E-state index contributed by atoms with van der Waals surface area (Å²) in [4.78, 5) is 24.3. The molecule has 0 spiro atoms. The minimum absolute atomic E-state index is 0.0526. The first-order valence-corrected chi connectivity index (χ1v) is 12.1. The lowest BCUT2D eigenvalue weighted by atomic mass is 9.97. The summed E-state index contributed by atoms with van der Waals surface area (Å²) in [5.41, 5.74) is 0.869. The zero-order valence-electron chi connectivity index (χ0n) is 19.8. The highest BCUT2D eigenvalue weighted by Crippen LogP contribution is 2.25. The molecular weight excluding hydrogens is 420 g/mol. The molecule has 180 valence electrons. The van der Waals surface area contributed by atoms with Crippen LogP contribution >= 0.6 is 0 Å². The van der Waals surface area contributed by atoms with Crippen molar-refractivity contribution in [3.05, 3.63) is 24.3 Å². The van der Waals surface area contributed by atoms with Gasteiger partial charge in [0.2, 0.25) is 11.7 Å². The number of hydrogen-bond acceptors (Lipinski definition) is 8. The lowest BCUT2D eigenvalue weighted by molar-refractivity contribution is -0.125. The Morgan fingerprint density at radius 2 is 1.91 bits per heavy atom. The van der Waals surface area contributed by atoms with Gasteiger partial charge in [0.25, 0.3) is 0 Å². The fourth-order valence-corrected chi connectivity index (χ4v) is 4.55. The smallest absolute Gasteiger partial charge is 0.324 e. The SMILES string of the molecule is CCN1CCN(CCCNC(=O)[C@@H]2CCCN(c3nc(-c4ccc(OC)cc4)no3)C2)CC1. The number of nitrogens with zero attached hydrogens (tertiary/aromatic N) is 5. The van der Waals surface area contributed by atoms with E-state index in [0.29, 0.717) is 18.4 Å². The minimum atomic E-state index is -0.0526. The number of hydrogen-bond donors (Lipinski definition) is 1. The normalized spacial score (nSPS) is 20.1. The van der Waals surface area contributed by atoms with Crippen LogP contribution in [0, 0.1) is 5.92 Å². The van der Waals surface area contributed by atoms with E-state index in [0.717, 1.165) is 82.9 Å². The number of nitrogens with one attached hydrogen (secondary N) is 1. The predicted molar refractivity (Wildman–Crippen MR) is 127 cm³/mol. The van der Waals surface area contributed by atoms with Crippen molar-refractivity contribution in [3.8, 4) is 17.1 Å². The quantitative estimate of drug-likeness (QED) is 0.574. The van der Waals surface area contributed by atoms with Crippen LogP contribution < -0.4 is 15.0 Å². The summed E-state index contributed by atoms with van der Waals surface area (Å²) in [6.45, 7) is 11.1. The first-order valence-electron chi connectivity index (χ1n) is 12.1. The Balaban J connectivity index is 1.22. The number of carbonyl (C=O) groups is 1. The number of likely N-dealkylation sites (N-methyl/N-ethyl adjacent to an activating group) is 1. The van der Waals surface area contributed by atoms with Crippen LogP contribution in [0.1, 0.15) is 26.2 Å².